The van der Waals surface area contributed by atoms with Crippen LogP contribution < -0.4 is 16.2 Å². The van der Waals surface area contributed by atoms with Gasteiger partial charge in [-0.1, -0.05) is 47.5 Å². The predicted octanol–water partition coefficient (Wildman–Crippen LogP) is 3.82. The van der Waals surface area contributed by atoms with Gasteiger partial charge in [0.2, 0.25) is 5.91 Å². The number of esters is 1. The average molecular weight is 523 g/mol. The molecule has 0 aliphatic carbocycles. The van der Waals surface area contributed by atoms with E-state index in [0.29, 0.717) is 28.3 Å². The molecule has 0 aliphatic rings. The SMILES string of the molecule is Cc1ccc(CN(CC(=O)O)C(=O)CCc2ccc(OC(=O)c3ccc(N=C(N)N)cc3)cc2Cl)cc1. The molecular formula is C27H27ClN4O5. The van der Waals surface area contributed by atoms with E-state index in [1.165, 1.54) is 23.1 Å². The number of carboxylic acids is 1. The maximum Gasteiger partial charge on any atom is 0.343 e. The van der Waals surface area contributed by atoms with Crippen molar-refractivity contribution in [2.45, 2.75) is 26.3 Å². The molecule has 0 aromatic heterocycles. The first-order valence-corrected chi connectivity index (χ1v) is 11.7. The van der Waals surface area contributed by atoms with Crippen LogP contribution in [0.3, 0.4) is 0 Å². The molecule has 3 rings (SSSR count). The molecule has 0 radical (unpaired) electrons. The predicted molar refractivity (Wildman–Crippen MR) is 141 cm³/mol. The summed E-state index contributed by atoms with van der Waals surface area (Å²) in [5.74, 6) is -1.83. The summed E-state index contributed by atoms with van der Waals surface area (Å²) in [6.45, 7) is 1.75. The molecule has 0 saturated carbocycles. The standard InChI is InChI=1S/C27H27ClN4O5/c1-17-2-4-18(5-3-17)15-32(16-25(34)35)24(33)13-9-19-8-12-22(14-23(19)28)37-26(36)20-6-10-21(11-7-20)31-27(29)30/h2-8,10-12,14H,9,13,15-16H2,1H3,(H,34,35)(H4,29,30,31). The Morgan fingerprint density at radius 2 is 1.68 bits per heavy atom. The fraction of sp³-hybridized carbons (Fsp3) is 0.185. The number of rotatable bonds is 10. The maximum absolute atomic E-state index is 12.8. The van der Waals surface area contributed by atoms with Gasteiger partial charge in [0.15, 0.2) is 5.96 Å². The highest BCUT2D eigenvalue weighted by Gasteiger charge is 2.18. The number of aryl methyl sites for hydroxylation is 2. The van der Waals surface area contributed by atoms with Gasteiger partial charge in [-0.2, -0.15) is 0 Å². The minimum atomic E-state index is -1.09. The second-order valence-electron chi connectivity index (χ2n) is 8.36. The molecule has 0 atom stereocenters. The van der Waals surface area contributed by atoms with Crippen molar-refractivity contribution in [3.8, 4) is 5.75 Å². The van der Waals surface area contributed by atoms with E-state index >= 15 is 0 Å². The van der Waals surface area contributed by atoms with Crippen LogP contribution in [0.4, 0.5) is 5.69 Å². The Balaban J connectivity index is 1.61. The number of amides is 1. The molecule has 0 heterocycles. The summed E-state index contributed by atoms with van der Waals surface area (Å²) in [7, 11) is 0. The second kappa shape index (κ2) is 12.5. The number of nitrogens with two attached hydrogens (primary N) is 2. The van der Waals surface area contributed by atoms with Gasteiger partial charge < -0.3 is 26.2 Å². The Morgan fingerprint density at radius 1 is 1.00 bits per heavy atom. The Kier molecular flexibility index (Phi) is 9.23. The highest BCUT2D eigenvalue weighted by atomic mass is 35.5. The van der Waals surface area contributed by atoms with Crippen LogP contribution >= 0.6 is 11.6 Å². The number of hydrogen-bond acceptors (Lipinski definition) is 5. The number of guanidine groups is 1. The number of hydrogen-bond donors (Lipinski definition) is 3. The molecule has 0 bridgehead atoms. The highest BCUT2D eigenvalue weighted by Crippen LogP contribution is 2.25. The van der Waals surface area contributed by atoms with Crippen molar-refractivity contribution in [3.63, 3.8) is 0 Å². The largest absolute Gasteiger partial charge is 0.480 e. The number of carbonyl (C=O) groups is 3. The highest BCUT2D eigenvalue weighted by molar-refractivity contribution is 6.31. The fourth-order valence-electron chi connectivity index (χ4n) is 3.49. The molecule has 0 saturated heterocycles. The van der Waals surface area contributed by atoms with E-state index < -0.39 is 18.5 Å². The lowest BCUT2D eigenvalue weighted by molar-refractivity contribution is -0.144. The van der Waals surface area contributed by atoms with Crippen LogP contribution in [-0.4, -0.2) is 40.4 Å². The molecule has 5 N–H and O–H groups in total. The molecule has 192 valence electrons. The van der Waals surface area contributed by atoms with Crippen LogP contribution in [0.5, 0.6) is 5.75 Å². The van der Waals surface area contributed by atoms with Crippen molar-refractivity contribution in [1.82, 2.24) is 4.90 Å². The molecule has 3 aromatic rings. The van der Waals surface area contributed by atoms with Crippen LogP contribution in [-0.2, 0) is 22.6 Å². The van der Waals surface area contributed by atoms with Gasteiger partial charge in [0, 0.05) is 18.0 Å². The summed E-state index contributed by atoms with van der Waals surface area (Å²) in [6, 6.07) is 18.5. The first-order valence-electron chi connectivity index (χ1n) is 11.4. The third-order valence-electron chi connectivity index (χ3n) is 5.38. The molecule has 0 spiro atoms. The minimum absolute atomic E-state index is 0.0696. The van der Waals surface area contributed by atoms with Crippen molar-refractivity contribution in [2.24, 2.45) is 16.5 Å². The average Bonchev–Trinajstić information content (AvgIpc) is 2.84. The lowest BCUT2D eigenvalue weighted by Gasteiger charge is -2.21. The molecular weight excluding hydrogens is 496 g/mol. The Morgan fingerprint density at radius 3 is 2.27 bits per heavy atom. The third-order valence-corrected chi connectivity index (χ3v) is 5.73. The number of carbonyl (C=O) groups excluding carboxylic acids is 2. The Bertz CT molecular complexity index is 1300. The minimum Gasteiger partial charge on any atom is -0.480 e. The monoisotopic (exact) mass is 522 g/mol. The van der Waals surface area contributed by atoms with Gasteiger partial charge in [0.1, 0.15) is 12.3 Å². The molecule has 37 heavy (non-hydrogen) atoms. The number of aliphatic carboxylic acids is 1. The van der Waals surface area contributed by atoms with Crippen LogP contribution in [0.15, 0.2) is 71.7 Å². The number of benzene rings is 3. The first-order chi connectivity index (χ1) is 17.6. The smallest absolute Gasteiger partial charge is 0.343 e. The normalized spacial score (nSPS) is 10.4. The summed E-state index contributed by atoms with van der Waals surface area (Å²) < 4.78 is 5.39. The van der Waals surface area contributed by atoms with Crippen LogP contribution in [0.2, 0.25) is 5.02 Å². The molecule has 9 nitrogen and oxygen atoms in total. The van der Waals surface area contributed by atoms with Gasteiger partial charge in [0.05, 0.1) is 11.3 Å². The summed E-state index contributed by atoms with van der Waals surface area (Å²) in [4.78, 5) is 41.8. The first kappa shape index (κ1) is 27.2. The molecule has 1 amide bonds. The van der Waals surface area contributed by atoms with Crippen molar-refractivity contribution in [2.75, 3.05) is 6.54 Å². The fourth-order valence-corrected chi connectivity index (χ4v) is 3.76. The summed E-state index contributed by atoms with van der Waals surface area (Å²) in [5.41, 5.74) is 14.1. The van der Waals surface area contributed by atoms with Gasteiger partial charge in [-0.3, -0.25) is 9.59 Å². The van der Waals surface area contributed by atoms with Crippen molar-refractivity contribution < 1.29 is 24.2 Å². The van der Waals surface area contributed by atoms with Gasteiger partial charge in [-0.25, -0.2) is 9.79 Å². The van der Waals surface area contributed by atoms with Crippen molar-refractivity contribution >= 4 is 41.1 Å². The van der Waals surface area contributed by atoms with E-state index in [1.807, 2.05) is 31.2 Å². The third kappa shape index (κ3) is 8.36. The van der Waals surface area contributed by atoms with Crippen molar-refractivity contribution in [3.05, 3.63) is 94.0 Å². The Hall–Kier alpha value is -4.37. The van der Waals surface area contributed by atoms with E-state index in [0.717, 1.165) is 11.1 Å². The lowest BCUT2D eigenvalue weighted by Crippen LogP contribution is -2.35. The topological polar surface area (TPSA) is 148 Å². The zero-order valence-corrected chi connectivity index (χ0v) is 20.9. The van der Waals surface area contributed by atoms with Gasteiger partial charge in [-0.15, -0.1) is 0 Å². The van der Waals surface area contributed by atoms with Gasteiger partial charge in [-0.05, 0) is 60.9 Å². The molecule has 10 heteroatoms. The van der Waals surface area contributed by atoms with E-state index in [-0.39, 0.29) is 30.6 Å². The number of halogens is 1. The van der Waals surface area contributed by atoms with E-state index in [4.69, 9.17) is 27.8 Å². The van der Waals surface area contributed by atoms with Crippen LogP contribution in [0.1, 0.15) is 33.5 Å². The summed E-state index contributed by atoms with van der Waals surface area (Å²) >= 11 is 6.37. The van der Waals surface area contributed by atoms with E-state index in [2.05, 4.69) is 4.99 Å². The Labute approximate surface area is 219 Å². The molecule has 3 aromatic carbocycles. The van der Waals surface area contributed by atoms with Crippen molar-refractivity contribution in [1.29, 1.82) is 0 Å². The number of nitrogens with zero attached hydrogens (tertiary/aromatic N) is 2. The lowest BCUT2D eigenvalue weighted by atomic mass is 10.1. The molecule has 0 aliphatic heterocycles. The molecule has 0 fully saturated rings. The van der Waals surface area contributed by atoms with Gasteiger partial charge in [0.25, 0.3) is 0 Å². The quantitative estimate of drug-likeness (QED) is 0.158. The maximum atomic E-state index is 12.8. The summed E-state index contributed by atoms with van der Waals surface area (Å²) in [6.07, 6.45) is 0.363. The number of carboxylic acid groups (broad SMARTS) is 1. The zero-order valence-electron chi connectivity index (χ0n) is 20.2. The van der Waals surface area contributed by atoms with Crippen LogP contribution in [0, 0.1) is 6.92 Å². The van der Waals surface area contributed by atoms with Crippen LogP contribution in [0.25, 0.3) is 0 Å². The zero-order chi connectivity index (χ0) is 26.9. The number of ether oxygens (including phenoxy) is 1. The number of aliphatic imine (C=N–C) groups is 1. The molecule has 0 unspecified atom stereocenters. The van der Waals surface area contributed by atoms with E-state index in [9.17, 15) is 19.5 Å². The summed E-state index contributed by atoms with van der Waals surface area (Å²) in [5, 5.41) is 9.57. The van der Waals surface area contributed by atoms with Gasteiger partial charge >= 0.3 is 11.9 Å². The second-order valence-corrected chi connectivity index (χ2v) is 8.76. The van der Waals surface area contributed by atoms with E-state index in [1.54, 1.807) is 24.3 Å².